The summed E-state index contributed by atoms with van der Waals surface area (Å²) in [7, 11) is 0. The Morgan fingerprint density at radius 3 is 2.45 bits per heavy atom. The first-order chi connectivity index (χ1) is 9.59. The van der Waals surface area contributed by atoms with Crippen LogP contribution in [0.1, 0.15) is 51.4 Å². The summed E-state index contributed by atoms with van der Waals surface area (Å²) in [4.78, 5) is 27.0. The van der Waals surface area contributed by atoms with Crippen LogP contribution in [0.5, 0.6) is 0 Å². The van der Waals surface area contributed by atoms with Gasteiger partial charge in [-0.1, -0.05) is 19.3 Å². The molecular formula is C15H24N2O2S. The smallest absolute Gasteiger partial charge is 0.248 e. The number of thioether (sulfide) groups is 1. The highest BCUT2D eigenvalue weighted by Crippen LogP contribution is 2.48. The monoisotopic (exact) mass is 296 g/mol. The summed E-state index contributed by atoms with van der Waals surface area (Å²) < 4.78 is 0.277. The first-order valence-corrected chi connectivity index (χ1v) is 8.97. The average Bonchev–Trinajstić information content (AvgIpc) is 3.24. The third-order valence-corrected chi connectivity index (χ3v) is 6.51. The van der Waals surface area contributed by atoms with Crippen LogP contribution in [0, 0.1) is 0 Å². The Morgan fingerprint density at radius 2 is 1.85 bits per heavy atom. The molecule has 4 nitrogen and oxygen atoms in total. The molecule has 0 bridgehead atoms. The molecule has 0 unspecified atom stereocenters. The van der Waals surface area contributed by atoms with Crippen LogP contribution in [-0.2, 0) is 9.59 Å². The van der Waals surface area contributed by atoms with Crippen molar-refractivity contribution in [2.24, 2.45) is 0 Å². The van der Waals surface area contributed by atoms with Gasteiger partial charge in [0, 0.05) is 24.3 Å². The van der Waals surface area contributed by atoms with Gasteiger partial charge in [-0.3, -0.25) is 9.59 Å². The van der Waals surface area contributed by atoms with Gasteiger partial charge in [0.1, 0.15) is 5.54 Å². The minimum atomic E-state index is -0.583. The van der Waals surface area contributed by atoms with Gasteiger partial charge in [0.2, 0.25) is 11.8 Å². The van der Waals surface area contributed by atoms with Crippen molar-refractivity contribution < 1.29 is 9.59 Å². The zero-order chi connectivity index (χ0) is 14.2. The van der Waals surface area contributed by atoms with E-state index < -0.39 is 5.54 Å². The Kier molecular flexibility index (Phi) is 3.73. The second-order valence-corrected chi connectivity index (χ2v) is 7.83. The standard InChI is InChI=1S/C15H24N2O2S/c1-20-14(8-9-14)11-17-10-5-12(18)16-15(13(17)19)6-3-2-4-7-15/h2-11H2,1H3,(H,16,18). The minimum absolute atomic E-state index is 0.0525. The number of carbonyl (C=O) groups is 2. The van der Waals surface area contributed by atoms with Crippen LogP contribution in [-0.4, -0.2) is 46.3 Å². The number of nitrogens with zero attached hydrogens (tertiary/aromatic N) is 1. The SMILES string of the molecule is CSC1(CN2CCC(=O)NC3(CCCCC3)C2=O)CC1. The van der Waals surface area contributed by atoms with Crippen molar-refractivity contribution in [2.45, 2.75) is 61.7 Å². The molecule has 3 fully saturated rings. The highest BCUT2D eigenvalue weighted by Gasteiger charge is 2.49. The van der Waals surface area contributed by atoms with Crippen LogP contribution < -0.4 is 5.32 Å². The van der Waals surface area contributed by atoms with Gasteiger partial charge in [0.25, 0.3) is 0 Å². The van der Waals surface area contributed by atoms with Crippen LogP contribution >= 0.6 is 11.8 Å². The Balaban J connectivity index is 1.80. The summed E-state index contributed by atoms with van der Waals surface area (Å²) in [5.74, 6) is 0.236. The molecule has 0 aromatic carbocycles. The fourth-order valence-corrected chi connectivity index (χ4v) is 4.38. The van der Waals surface area contributed by atoms with E-state index in [-0.39, 0.29) is 16.6 Å². The molecule has 5 heteroatoms. The number of nitrogens with one attached hydrogen (secondary N) is 1. The van der Waals surface area contributed by atoms with E-state index in [1.807, 2.05) is 16.7 Å². The molecular weight excluding hydrogens is 272 g/mol. The number of rotatable bonds is 3. The zero-order valence-electron chi connectivity index (χ0n) is 12.2. The van der Waals surface area contributed by atoms with Gasteiger partial charge in [-0.25, -0.2) is 0 Å². The summed E-state index contributed by atoms with van der Waals surface area (Å²) in [5.41, 5.74) is -0.583. The van der Waals surface area contributed by atoms with Crippen LogP contribution in [0.25, 0.3) is 0 Å². The highest BCUT2D eigenvalue weighted by molar-refractivity contribution is 8.00. The van der Waals surface area contributed by atoms with Crippen molar-refractivity contribution >= 4 is 23.6 Å². The van der Waals surface area contributed by atoms with Crippen LogP contribution in [0.3, 0.4) is 0 Å². The fourth-order valence-electron chi connectivity index (χ4n) is 3.58. The molecule has 1 saturated heterocycles. The van der Waals surface area contributed by atoms with Crippen molar-refractivity contribution in [2.75, 3.05) is 19.3 Å². The van der Waals surface area contributed by atoms with Gasteiger partial charge < -0.3 is 10.2 Å². The lowest BCUT2D eigenvalue weighted by Crippen LogP contribution is -2.58. The summed E-state index contributed by atoms with van der Waals surface area (Å²) in [6, 6.07) is 0. The maximum Gasteiger partial charge on any atom is 0.248 e. The highest BCUT2D eigenvalue weighted by atomic mass is 32.2. The summed E-state index contributed by atoms with van der Waals surface area (Å²) in [5, 5.41) is 3.06. The normalized spacial score (nSPS) is 28.1. The molecule has 20 heavy (non-hydrogen) atoms. The third kappa shape index (κ3) is 2.57. The van der Waals surface area contributed by atoms with E-state index in [1.54, 1.807) is 0 Å². The molecule has 1 N–H and O–H groups in total. The summed E-state index contributed by atoms with van der Waals surface area (Å²) >= 11 is 1.88. The second-order valence-electron chi connectivity index (χ2n) is 6.55. The lowest BCUT2D eigenvalue weighted by Gasteiger charge is -2.38. The molecule has 0 aromatic heterocycles. The van der Waals surface area contributed by atoms with Gasteiger partial charge in [0.05, 0.1) is 0 Å². The Hall–Kier alpha value is -0.710. The molecule has 2 aliphatic carbocycles. The predicted molar refractivity (Wildman–Crippen MR) is 80.6 cm³/mol. The maximum absolute atomic E-state index is 13.0. The third-order valence-electron chi connectivity index (χ3n) is 5.11. The van der Waals surface area contributed by atoms with Crippen molar-refractivity contribution in [3.63, 3.8) is 0 Å². The zero-order valence-corrected chi connectivity index (χ0v) is 13.1. The molecule has 3 aliphatic rings. The lowest BCUT2D eigenvalue weighted by atomic mass is 9.80. The minimum Gasteiger partial charge on any atom is -0.342 e. The van der Waals surface area contributed by atoms with Gasteiger partial charge in [0.15, 0.2) is 0 Å². The van der Waals surface area contributed by atoms with E-state index >= 15 is 0 Å². The van der Waals surface area contributed by atoms with E-state index in [4.69, 9.17) is 0 Å². The maximum atomic E-state index is 13.0. The molecule has 3 rings (SSSR count). The molecule has 0 atom stereocenters. The number of carbonyl (C=O) groups excluding carboxylic acids is 2. The van der Waals surface area contributed by atoms with Gasteiger partial charge in [-0.05, 0) is 31.9 Å². The molecule has 112 valence electrons. The van der Waals surface area contributed by atoms with Crippen molar-refractivity contribution in [3.8, 4) is 0 Å². The number of hydrogen-bond donors (Lipinski definition) is 1. The number of hydrogen-bond acceptors (Lipinski definition) is 3. The van der Waals surface area contributed by atoms with E-state index in [1.165, 1.54) is 19.3 Å². The molecule has 1 spiro atoms. The lowest BCUT2D eigenvalue weighted by molar-refractivity contribution is -0.140. The second kappa shape index (κ2) is 5.24. The van der Waals surface area contributed by atoms with Gasteiger partial charge in [-0.2, -0.15) is 11.8 Å². The molecule has 0 radical (unpaired) electrons. The number of amides is 2. The van der Waals surface area contributed by atoms with Crippen molar-refractivity contribution in [3.05, 3.63) is 0 Å². The van der Waals surface area contributed by atoms with E-state index in [2.05, 4.69) is 11.6 Å². The Morgan fingerprint density at radius 1 is 1.15 bits per heavy atom. The first kappa shape index (κ1) is 14.2. The molecule has 0 aromatic rings. The molecule has 2 saturated carbocycles. The first-order valence-electron chi connectivity index (χ1n) is 7.75. The van der Waals surface area contributed by atoms with Crippen LogP contribution in [0.15, 0.2) is 0 Å². The fraction of sp³-hybridized carbons (Fsp3) is 0.867. The van der Waals surface area contributed by atoms with Gasteiger partial charge in [-0.15, -0.1) is 0 Å². The largest absolute Gasteiger partial charge is 0.342 e. The van der Waals surface area contributed by atoms with E-state index in [9.17, 15) is 9.59 Å². The van der Waals surface area contributed by atoms with Crippen LogP contribution in [0.2, 0.25) is 0 Å². The molecule has 2 amide bonds. The van der Waals surface area contributed by atoms with Gasteiger partial charge >= 0.3 is 0 Å². The quantitative estimate of drug-likeness (QED) is 0.866. The summed E-state index contributed by atoms with van der Waals surface area (Å²) in [6.45, 7) is 1.42. The van der Waals surface area contributed by atoms with Crippen LogP contribution in [0.4, 0.5) is 0 Å². The Bertz CT molecular complexity index is 414. The van der Waals surface area contributed by atoms with E-state index in [0.29, 0.717) is 13.0 Å². The predicted octanol–water partition coefficient (Wildman–Crippen LogP) is 1.93. The topological polar surface area (TPSA) is 49.4 Å². The van der Waals surface area contributed by atoms with Crippen molar-refractivity contribution in [1.29, 1.82) is 0 Å². The van der Waals surface area contributed by atoms with Crippen molar-refractivity contribution in [1.82, 2.24) is 10.2 Å². The summed E-state index contributed by atoms with van der Waals surface area (Å²) in [6.07, 6.45) is 9.91. The van der Waals surface area contributed by atoms with E-state index in [0.717, 1.165) is 32.2 Å². The average molecular weight is 296 g/mol. The molecule has 1 heterocycles. The Labute approximate surface area is 125 Å². The molecule has 1 aliphatic heterocycles.